The molecule has 1 aromatic rings. The van der Waals surface area contributed by atoms with Crippen LogP contribution in [0.15, 0.2) is 6.20 Å². The van der Waals surface area contributed by atoms with Gasteiger partial charge in [0.05, 0.1) is 12.3 Å². The Labute approximate surface area is 94.5 Å². The third-order valence-electron chi connectivity index (χ3n) is 2.96. The first-order chi connectivity index (χ1) is 7.22. The predicted octanol–water partition coefficient (Wildman–Crippen LogP) is 1.13. The number of imidazole rings is 1. The van der Waals surface area contributed by atoms with Crippen molar-refractivity contribution in [3.63, 3.8) is 0 Å². The second kappa shape index (κ2) is 4.47. The zero-order valence-electron chi connectivity index (χ0n) is 8.94. The van der Waals surface area contributed by atoms with E-state index in [2.05, 4.69) is 16.9 Å². The van der Waals surface area contributed by atoms with Gasteiger partial charge in [-0.05, 0) is 32.1 Å². The van der Waals surface area contributed by atoms with Crippen molar-refractivity contribution in [3.05, 3.63) is 16.7 Å². The van der Waals surface area contributed by atoms with Gasteiger partial charge in [-0.25, -0.2) is 0 Å². The number of nitrogens with zero attached hydrogens (tertiary/aromatic N) is 2. The summed E-state index contributed by atoms with van der Waals surface area (Å²) in [6, 6.07) is 0.774. The molecule has 1 aliphatic carbocycles. The van der Waals surface area contributed by atoms with Crippen LogP contribution < -0.4 is 0 Å². The Morgan fingerprint density at radius 2 is 2.40 bits per heavy atom. The van der Waals surface area contributed by atoms with Gasteiger partial charge in [0, 0.05) is 25.3 Å². The van der Waals surface area contributed by atoms with Crippen LogP contribution in [0.1, 0.15) is 18.5 Å². The van der Waals surface area contributed by atoms with Crippen LogP contribution >= 0.6 is 12.2 Å². The zero-order valence-corrected chi connectivity index (χ0v) is 9.76. The summed E-state index contributed by atoms with van der Waals surface area (Å²) in [5, 5.41) is 9.12. The fourth-order valence-electron chi connectivity index (χ4n) is 1.76. The highest BCUT2D eigenvalue weighted by Gasteiger charge is 2.25. The zero-order chi connectivity index (χ0) is 10.8. The maximum Gasteiger partial charge on any atom is 0.177 e. The van der Waals surface area contributed by atoms with E-state index in [1.54, 1.807) is 6.20 Å². The Bertz CT molecular complexity index is 380. The number of aliphatic hydroxyl groups excluding tert-OH is 1. The standard InChI is InChI=1S/C10H17N3OS/c1-12(8-2-3-8)4-5-13-9(7-14)6-11-10(13)15/h6,8,14H,2-5,7H2,1H3,(H,11,15). The largest absolute Gasteiger partial charge is 0.390 e. The molecule has 1 fully saturated rings. The molecule has 0 unspecified atom stereocenters. The van der Waals surface area contributed by atoms with E-state index in [0.29, 0.717) is 4.77 Å². The molecule has 1 aliphatic rings. The molecule has 0 bridgehead atoms. The van der Waals surface area contributed by atoms with Crippen molar-refractivity contribution < 1.29 is 5.11 Å². The van der Waals surface area contributed by atoms with Gasteiger partial charge >= 0.3 is 0 Å². The van der Waals surface area contributed by atoms with Gasteiger partial charge < -0.3 is 19.6 Å². The molecule has 1 heterocycles. The lowest BCUT2D eigenvalue weighted by atomic mass is 10.4. The highest BCUT2D eigenvalue weighted by atomic mass is 32.1. The maximum absolute atomic E-state index is 9.12. The minimum Gasteiger partial charge on any atom is -0.390 e. The Morgan fingerprint density at radius 1 is 1.67 bits per heavy atom. The van der Waals surface area contributed by atoms with Gasteiger partial charge in [-0.1, -0.05) is 0 Å². The normalized spacial score (nSPS) is 16.2. The van der Waals surface area contributed by atoms with Crippen molar-refractivity contribution in [3.8, 4) is 0 Å². The Kier molecular flexibility index (Phi) is 3.23. The second-order valence-corrected chi connectivity index (χ2v) is 4.49. The number of aliphatic hydroxyl groups is 1. The Balaban J connectivity index is 1.96. The predicted molar refractivity (Wildman–Crippen MR) is 61.2 cm³/mol. The van der Waals surface area contributed by atoms with Crippen LogP contribution in [-0.2, 0) is 13.2 Å². The fraction of sp³-hybridized carbons (Fsp3) is 0.700. The summed E-state index contributed by atoms with van der Waals surface area (Å²) >= 11 is 5.15. The fourth-order valence-corrected chi connectivity index (χ4v) is 2.03. The molecule has 4 nitrogen and oxygen atoms in total. The van der Waals surface area contributed by atoms with Crippen LogP contribution in [-0.4, -0.2) is 39.2 Å². The van der Waals surface area contributed by atoms with Crippen molar-refractivity contribution in [2.75, 3.05) is 13.6 Å². The lowest BCUT2D eigenvalue weighted by Gasteiger charge is -2.16. The van der Waals surface area contributed by atoms with Gasteiger partial charge in [0.2, 0.25) is 0 Å². The third-order valence-corrected chi connectivity index (χ3v) is 3.30. The molecule has 0 aromatic carbocycles. The number of nitrogens with one attached hydrogen (secondary N) is 1. The van der Waals surface area contributed by atoms with Gasteiger partial charge in [-0.3, -0.25) is 0 Å². The average Bonchev–Trinajstić information content (AvgIpc) is 3.01. The van der Waals surface area contributed by atoms with Crippen LogP contribution in [0, 0.1) is 4.77 Å². The van der Waals surface area contributed by atoms with Crippen molar-refractivity contribution in [1.82, 2.24) is 14.5 Å². The number of rotatable bonds is 5. The lowest BCUT2D eigenvalue weighted by molar-refractivity contribution is 0.262. The molecular weight excluding hydrogens is 210 g/mol. The van der Waals surface area contributed by atoms with Crippen LogP contribution in [0.25, 0.3) is 0 Å². The van der Waals surface area contributed by atoms with Crippen molar-refractivity contribution >= 4 is 12.2 Å². The topological polar surface area (TPSA) is 44.2 Å². The van der Waals surface area contributed by atoms with Gasteiger partial charge in [0.1, 0.15) is 0 Å². The van der Waals surface area contributed by atoms with Crippen molar-refractivity contribution in [1.29, 1.82) is 0 Å². The number of hydrogen-bond donors (Lipinski definition) is 2. The molecule has 2 rings (SSSR count). The second-order valence-electron chi connectivity index (χ2n) is 4.11. The van der Waals surface area contributed by atoms with Crippen LogP contribution in [0.5, 0.6) is 0 Å². The monoisotopic (exact) mass is 227 g/mol. The molecule has 0 spiro atoms. The van der Waals surface area contributed by atoms with Crippen LogP contribution in [0.4, 0.5) is 0 Å². The smallest absolute Gasteiger partial charge is 0.177 e. The minimum absolute atomic E-state index is 0.0419. The quantitative estimate of drug-likeness (QED) is 0.741. The van der Waals surface area contributed by atoms with E-state index < -0.39 is 0 Å². The van der Waals surface area contributed by atoms with E-state index in [1.165, 1.54) is 12.8 Å². The summed E-state index contributed by atoms with van der Waals surface area (Å²) in [6.45, 7) is 1.88. The average molecular weight is 227 g/mol. The first-order valence-corrected chi connectivity index (χ1v) is 5.71. The number of hydrogen-bond acceptors (Lipinski definition) is 3. The number of likely N-dealkylation sites (N-methyl/N-ethyl adjacent to an activating group) is 1. The Morgan fingerprint density at radius 3 is 3.00 bits per heavy atom. The summed E-state index contributed by atoms with van der Waals surface area (Å²) in [5.41, 5.74) is 0.865. The summed E-state index contributed by atoms with van der Waals surface area (Å²) < 4.78 is 2.66. The van der Waals surface area contributed by atoms with E-state index in [0.717, 1.165) is 24.8 Å². The molecular formula is C10H17N3OS. The summed E-state index contributed by atoms with van der Waals surface area (Å²) in [7, 11) is 2.15. The molecule has 0 radical (unpaired) electrons. The van der Waals surface area contributed by atoms with E-state index in [-0.39, 0.29) is 6.61 Å². The molecule has 0 aliphatic heterocycles. The van der Waals surface area contributed by atoms with Crippen molar-refractivity contribution in [2.45, 2.75) is 32.0 Å². The Hall–Kier alpha value is -0.650. The highest BCUT2D eigenvalue weighted by molar-refractivity contribution is 7.71. The molecule has 84 valence electrons. The molecule has 0 amide bonds. The molecule has 1 saturated carbocycles. The van der Waals surface area contributed by atoms with Gasteiger partial charge in [-0.2, -0.15) is 0 Å². The lowest BCUT2D eigenvalue weighted by Crippen LogP contribution is -2.25. The van der Waals surface area contributed by atoms with Gasteiger partial charge in [0.15, 0.2) is 4.77 Å². The van der Waals surface area contributed by atoms with Crippen LogP contribution in [0.2, 0.25) is 0 Å². The highest BCUT2D eigenvalue weighted by Crippen LogP contribution is 2.25. The molecule has 0 saturated heterocycles. The summed E-state index contributed by atoms with van der Waals surface area (Å²) in [4.78, 5) is 5.31. The first-order valence-electron chi connectivity index (χ1n) is 5.30. The number of aromatic nitrogens is 2. The SMILES string of the molecule is CN(CCn1c(CO)c[nH]c1=S)C1CC1. The van der Waals surface area contributed by atoms with Crippen molar-refractivity contribution in [2.24, 2.45) is 0 Å². The minimum atomic E-state index is 0.0419. The molecule has 1 aromatic heterocycles. The first kappa shape index (κ1) is 10.9. The molecule has 0 atom stereocenters. The number of aromatic amines is 1. The van der Waals surface area contributed by atoms with Crippen LogP contribution in [0.3, 0.4) is 0 Å². The molecule has 2 N–H and O–H groups in total. The third kappa shape index (κ3) is 2.48. The van der Waals surface area contributed by atoms with Gasteiger partial charge in [-0.15, -0.1) is 0 Å². The van der Waals surface area contributed by atoms with E-state index in [9.17, 15) is 0 Å². The molecule has 15 heavy (non-hydrogen) atoms. The summed E-state index contributed by atoms with van der Waals surface area (Å²) in [5.74, 6) is 0. The van der Waals surface area contributed by atoms with E-state index in [1.807, 2.05) is 4.57 Å². The summed E-state index contributed by atoms with van der Waals surface area (Å²) in [6.07, 6.45) is 4.42. The van der Waals surface area contributed by atoms with E-state index in [4.69, 9.17) is 17.3 Å². The van der Waals surface area contributed by atoms with Gasteiger partial charge in [0.25, 0.3) is 0 Å². The maximum atomic E-state index is 9.12. The number of H-pyrrole nitrogens is 1. The van der Waals surface area contributed by atoms with E-state index >= 15 is 0 Å². The molecule has 5 heteroatoms.